The third kappa shape index (κ3) is 6.48. The van der Waals surface area contributed by atoms with E-state index in [9.17, 15) is 14.0 Å². The van der Waals surface area contributed by atoms with Crippen LogP contribution in [0.2, 0.25) is 5.02 Å². The number of hydrogen-bond acceptors (Lipinski definition) is 3. The molecule has 1 saturated heterocycles. The molecule has 0 aromatic heterocycles. The number of hydrogen-bond donors (Lipinski definition) is 1. The van der Waals surface area contributed by atoms with Gasteiger partial charge < -0.3 is 10.2 Å². The Labute approximate surface area is 232 Å². The maximum Gasteiger partial charge on any atom is 0.260 e. The van der Waals surface area contributed by atoms with Crippen LogP contribution in [0.4, 0.5) is 4.39 Å². The number of nitrogens with zero attached hydrogens (tertiary/aromatic N) is 1. The van der Waals surface area contributed by atoms with Gasteiger partial charge >= 0.3 is 0 Å². The van der Waals surface area contributed by atoms with Crippen molar-refractivity contribution in [2.75, 3.05) is 6.54 Å². The van der Waals surface area contributed by atoms with Crippen molar-refractivity contribution in [2.24, 2.45) is 5.92 Å². The van der Waals surface area contributed by atoms with Gasteiger partial charge in [0.1, 0.15) is 5.82 Å². The summed E-state index contributed by atoms with van der Waals surface area (Å²) in [6, 6.07) is 23.7. The van der Waals surface area contributed by atoms with Crippen molar-refractivity contribution in [3.05, 3.63) is 111 Å². The van der Waals surface area contributed by atoms with Gasteiger partial charge in [-0.1, -0.05) is 66.2 Å². The topological polar surface area (TPSA) is 49.4 Å². The average molecular weight is 549 g/mol. The van der Waals surface area contributed by atoms with Gasteiger partial charge in [0.15, 0.2) is 0 Å². The fraction of sp³-hybridized carbons (Fsp3) is 0.290. The van der Waals surface area contributed by atoms with Crippen molar-refractivity contribution in [2.45, 2.75) is 43.5 Å². The van der Waals surface area contributed by atoms with Crippen LogP contribution in [0.1, 0.15) is 36.0 Å². The molecule has 5 rings (SSSR count). The van der Waals surface area contributed by atoms with E-state index in [0.29, 0.717) is 29.4 Å². The first-order valence-electron chi connectivity index (χ1n) is 13.0. The first-order chi connectivity index (χ1) is 18.5. The zero-order valence-electron chi connectivity index (χ0n) is 21.0. The van der Waals surface area contributed by atoms with E-state index in [-0.39, 0.29) is 34.8 Å². The minimum Gasteiger partial charge on any atom is -0.356 e. The van der Waals surface area contributed by atoms with Gasteiger partial charge in [0.05, 0.1) is 4.91 Å². The number of benzene rings is 3. The van der Waals surface area contributed by atoms with Crippen molar-refractivity contribution in [3.63, 3.8) is 0 Å². The molecule has 196 valence electrons. The fourth-order valence-electron chi connectivity index (χ4n) is 5.23. The summed E-state index contributed by atoms with van der Waals surface area (Å²) < 4.78 is 13.5. The van der Waals surface area contributed by atoms with Crippen LogP contribution in [0, 0.1) is 11.7 Å². The van der Waals surface area contributed by atoms with Crippen molar-refractivity contribution >= 4 is 41.3 Å². The van der Waals surface area contributed by atoms with Crippen LogP contribution in [-0.2, 0) is 22.6 Å². The number of nitrogens with one attached hydrogen (secondary N) is 1. The molecule has 1 saturated carbocycles. The molecule has 1 heterocycles. The van der Waals surface area contributed by atoms with Crippen LogP contribution in [0.3, 0.4) is 0 Å². The Hall–Kier alpha value is -3.09. The summed E-state index contributed by atoms with van der Waals surface area (Å²) in [6.45, 7) is 0.944. The van der Waals surface area contributed by atoms with E-state index in [4.69, 9.17) is 11.6 Å². The van der Waals surface area contributed by atoms with Crippen molar-refractivity contribution in [3.8, 4) is 0 Å². The predicted octanol–water partition coefficient (Wildman–Crippen LogP) is 6.49. The van der Waals surface area contributed by atoms with Gasteiger partial charge in [-0.25, -0.2) is 4.39 Å². The van der Waals surface area contributed by atoms with Gasteiger partial charge in [-0.05, 0) is 72.7 Å². The summed E-state index contributed by atoms with van der Waals surface area (Å²) >= 11 is 7.60. The standard InChI is InChI=1S/C31H30ClFN2O2S/c32-25-11-6-21(7-12-25)16-17-34-30(36)24-10-15-28-27(19-24)35(20-23-8-13-26(33)14-9-23)31(37)29(38-28)18-22-4-2-1-3-5-22/h1-9,11-14,18,24,27-28H,10,15-17,19-20H2,(H,34,36)/b29-18-. The van der Waals surface area contributed by atoms with Crippen molar-refractivity contribution < 1.29 is 14.0 Å². The molecule has 2 amide bonds. The lowest BCUT2D eigenvalue weighted by Gasteiger charge is -2.46. The maximum atomic E-state index is 13.7. The fourth-order valence-corrected chi connectivity index (χ4v) is 6.77. The van der Waals surface area contributed by atoms with Gasteiger partial charge in [-0.15, -0.1) is 11.8 Å². The van der Waals surface area contributed by atoms with Gasteiger partial charge in [0, 0.05) is 35.3 Å². The van der Waals surface area contributed by atoms with E-state index in [1.54, 1.807) is 23.9 Å². The van der Waals surface area contributed by atoms with Crippen LogP contribution in [0.25, 0.3) is 6.08 Å². The van der Waals surface area contributed by atoms with Crippen LogP contribution in [-0.4, -0.2) is 34.6 Å². The van der Waals surface area contributed by atoms with E-state index >= 15 is 0 Å². The predicted molar refractivity (Wildman–Crippen MR) is 152 cm³/mol. The van der Waals surface area contributed by atoms with Gasteiger partial charge in [0.2, 0.25) is 5.91 Å². The molecule has 1 aliphatic heterocycles. The molecule has 2 aliphatic rings. The summed E-state index contributed by atoms with van der Waals surface area (Å²) in [5.41, 5.74) is 2.98. The first kappa shape index (κ1) is 26.5. The highest BCUT2D eigenvalue weighted by Gasteiger charge is 2.44. The molecule has 4 nitrogen and oxygen atoms in total. The van der Waals surface area contributed by atoms with Gasteiger partial charge in [-0.3, -0.25) is 9.59 Å². The SMILES string of the molecule is O=C(NCCc1ccc(Cl)cc1)C1CCC2S/C(=C\c3ccccc3)C(=O)N(Cc3ccc(F)cc3)C2C1. The smallest absolute Gasteiger partial charge is 0.260 e. The van der Waals surface area contributed by atoms with Crippen molar-refractivity contribution in [1.82, 2.24) is 10.2 Å². The van der Waals surface area contributed by atoms with Crippen LogP contribution >= 0.6 is 23.4 Å². The van der Waals surface area contributed by atoms with Gasteiger partial charge in [0.25, 0.3) is 5.91 Å². The minimum atomic E-state index is -0.301. The normalized spacial score (nSPS) is 22.3. The number of thioether (sulfide) groups is 1. The molecule has 3 aromatic carbocycles. The number of halogens is 2. The maximum absolute atomic E-state index is 13.7. The van der Waals surface area contributed by atoms with E-state index in [0.717, 1.165) is 36.0 Å². The molecular weight excluding hydrogens is 519 g/mol. The Balaban J connectivity index is 1.30. The van der Waals surface area contributed by atoms with E-state index in [1.807, 2.05) is 65.6 Å². The second-order valence-electron chi connectivity index (χ2n) is 9.88. The Bertz CT molecular complexity index is 1300. The molecule has 3 atom stereocenters. The lowest BCUT2D eigenvalue weighted by atomic mass is 9.83. The second-order valence-corrected chi connectivity index (χ2v) is 11.6. The summed E-state index contributed by atoms with van der Waals surface area (Å²) in [5, 5.41) is 4.00. The second kappa shape index (κ2) is 12.2. The highest BCUT2D eigenvalue weighted by molar-refractivity contribution is 8.04. The summed E-state index contributed by atoms with van der Waals surface area (Å²) in [6.07, 6.45) is 4.95. The number of amides is 2. The number of carbonyl (C=O) groups is 2. The quantitative estimate of drug-likeness (QED) is 0.343. The summed E-state index contributed by atoms with van der Waals surface area (Å²) in [7, 11) is 0. The third-order valence-corrected chi connectivity index (χ3v) is 8.92. The Morgan fingerprint density at radius 2 is 1.71 bits per heavy atom. The minimum absolute atomic E-state index is 0.0341. The molecular formula is C31H30ClFN2O2S. The van der Waals surface area contributed by atoms with Crippen LogP contribution in [0.5, 0.6) is 0 Å². The summed E-state index contributed by atoms with van der Waals surface area (Å²) in [4.78, 5) is 29.5. The molecule has 3 aromatic rings. The number of carbonyl (C=O) groups excluding carboxylic acids is 2. The molecule has 38 heavy (non-hydrogen) atoms. The zero-order chi connectivity index (χ0) is 26.5. The van der Waals surface area contributed by atoms with Crippen molar-refractivity contribution in [1.29, 1.82) is 0 Å². The molecule has 0 bridgehead atoms. The summed E-state index contributed by atoms with van der Waals surface area (Å²) in [5.74, 6) is -0.439. The molecule has 0 spiro atoms. The largest absolute Gasteiger partial charge is 0.356 e. The van der Waals surface area contributed by atoms with E-state index < -0.39 is 0 Å². The first-order valence-corrected chi connectivity index (χ1v) is 14.2. The lowest BCUT2D eigenvalue weighted by molar-refractivity contribution is -0.133. The molecule has 7 heteroatoms. The monoisotopic (exact) mass is 548 g/mol. The lowest BCUT2D eigenvalue weighted by Crippen LogP contribution is -2.53. The van der Waals surface area contributed by atoms with Gasteiger partial charge in [-0.2, -0.15) is 0 Å². The van der Waals surface area contributed by atoms with E-state index in [2.05, 4.69) is 5.32 Å². The Morgan fingerprint density at radius 3 is 2.45 bits per heavy atom. The average Bonchev–Trinajstić information content (AvgIpc) is 2.93. The highest BCUT2D eigenvalue weighted by atomic mass is 35.5. The number of rotatable bonds is 7. The molecule has 1 N–H and O–H groups in total. The van der Waals surface area contributed by atoms with E-state index in [1.165, 1.54) is 12.1 Å². The van der Waals surface area contributed by atoms with Crippen LogP contribution in [0.15, 0.2) is 83.8 Å². The molecule has 2 fully saturated rings. The molecule has 0 radical (unpaired) electrons. The third-order valence-electron chi connectivity index (χ3n) is 7.27. The highest BCUT2D eigenvalue weighted by Crippen LogP contribution is 2.44. The molecule has 1 aliphatic carbocycles. The zero-order valence-corrected chi connectivity index (χ0v) is 22.6. The molecule has 3 unspecified atom stereocenters. The van der Waals surface area contributed by atoms with Crippen LogP contribution < -0.4 is 5.32 Å². The number of fused-ring (bicyclic) bond motifs is 1. The Kier molecular flexibility index (Phi) is 8.50. The Morgan fingerprint density at radius 1 is 1.00 bits per heavy atom.